The Morgan fingerprint density at radius 3 is 2.31 bits per heavy atom. The van der Waals surface area contributed by atoms with Crippen molar-refractivity contribution in [2.24, 2.45) is 5.73 Å². The van der Waals surface area contributed by atoms with Crippen LogP contribution in [0.5, 0.6) is 11.5 Å². The van der Waals surface area contributed by atoms with Crippen molar-refractivity contribution in [1.82, 2.24) is 0 Å². The van der Waals surface area contributed by atoms with Crippen LogP contribution in [-0.2, 0) is 6.42 Å². The van der Waals surface area contributed by atoms with E-state index in [2.05, 4.69) is 0 Å². The zero-order chi connectivity index (χ0) is 8.27. The summed E-state index contributed by atoms with van der Waals surface area (Å²) in [6.45, 7) is 0.546. The smallest absolute Gasteiger partial charge is 1.00 e. The van der Waals surface area contributed by atoms with Gasteiger partial charge in [0.15, 0.2) is 11.5 Å². The molecule has 0 aromatic heterocycles. The molecule has 0 amide bonds. The second-order valence-corrected chi connectivity index (χ2v) is 2.36. The van der Waals surface area contributed by atoms with Gasteiger partial charge in [0.1, 0.15) is 0 Å². The van der Waals surface area contributed by atoms with Crippen molar-refractivity contribution in [2.75, 3.05) is 6.54 Å². The average molecular weight is 229 g/mol. The molecule has 1 atom stereocenters. The number of hydrogen-bond acceptors (Lipinski definition) is 3. The van der Waals surface area contributed by atoms with Crippen LogP contribution in [0.2, 0.25) is 0 Å². The molecule has 72 valence electrons. The Kier molecular flexibility index (Phi) is 9.60. The molecule has 0 aliphatic rings. The van der Waals surface area contributed by atoms with E-state index < -0.39 is 0 Å². The van der Waals surface area contributed by atoms with Crippen molar-refractivity contribution in [1.29, 1.82) is 0 Å². The predicted octanol–water partition coefficient (Wildman–Crippen LogP) is 0.501. The Bertz CT molecular complexity index is 266. The van der Waals surface area contributed by atoms with Crippen molar-refractivity contribution >= 4 is 47.6 Å². The van der Waals surface area contributed by atoms with Crippen LogP contribution in [0, 0.1) is 0 Å². The molecule has 1 rings (SSSR count). The fourth-order valence-electron chi connectivity index (χ4n) is 0.891. The number of hydrogen-bond donors (Lipinski definition) is 3. The third-order valence-corrected chi connectivity index (χ3v) is 1.47. The molecule has 0 saturated carbocycles. The summed E-state index contributed by atoms with van der Waals surface area (Å²) in [4.78, 5) is 0. The normalized spacial score (nSPS) is 8.38. The SMILES string of the molecule is NCCc1ccc(O)c(O)c1.P.[Ca+2].[H-].[H-]. The van der Waals surface area contributed by atoms with Gasteiger partial charge in [-0.3, -0.25) is 0 Å². The van der Waals surface area contributed by atoms with Crippen LogP contribution in [0.4, 0.5) is 0 Å². The third-order valence-electron chi connectivity index (χ3n) is 1.47. The van der Waals surface area contributed by atoms with Gasteiger partial charge in [0.05, 0.1) is 0 Å². The maximum Gasteiger partial charge on any atom is 2.00 e. The van der Waals surface area contributed by atoms with Crippen LogP contribution < -0.4 is 5.73 Å². The molecule has 1 aromatic rings. The van der Waals surface area contributed by atoms with Gasteiger partial charge in [-0.15, -0.1) is 0 Å². The molecule has 5 heteroatoms. The fourth-order valence-corrected chi connectivity index (χ4v) is 0.891. The van der Waals surface area contributed by atoms with Crippen LogP contribution in [-0.4, -0.2) is 54.5 Å². The summed E-state index contributed by atoms with van der Waals surface area (Å²) in [7, 11) is 0. The van der Waals surface area contributed by atoms with Crippen molar-refractivity contribution in [3.8, 4) is 11.5 Å². The van der Waals surface area contributed by atoms with Crippen molar-refractivity contribution in [3.63, 3.8) is 0 Å². The van der Waals surface area contributed by atoms with E-state index in [1.54, 1.807) is 6.07 Å². The van der Waals surface area contributed by atoms with Gasteiger partial charge in [-0.05, 0) is 30.7 Å². The molecule has 0 saturated heterocycles. The molecule has 0 radical (unpaired) electrons. The predicted molar refractivity (Wildman–Crippen MR) is 61.6 cm³/mol. The van der Waals surface area contributed by atoms with Gasteiger partial charge in [0.2, 0.25) is 0 Å². The zero-order valence-electron chi connectivity index (χ0n) is 9.53. The standard InChI is InChI=1S/C8H11NO2.Ca.H3P.2H/c9-4-3-6-1-2-7(10)8(11)5-6;;;;/h1-2,5,10-11H,3-4,9H2;;1H3;;/q;+2;;2*-1. The Morgan fingerprint density at radius 2 is 1.85 bits per heavy atom. The maximum atomic E-state index is 9.04. The first-order valence-corrected chi connectivity index (χ1v) is 3.45. The summed E-state index contributed by atoms with van der Waals surface area (Å²) >= 11 is 0. The molecule has 0 spiro atoms. The quantitative estimate of drug-likeness (QED) is 0.393. The molecular weight excluding hydrogens is 213 g/mol. The van der Waals surface area contributed by atoms with E-state index in [4.69, 9.17) is 15.9 Å². The summed E-state index contributed by atoms with van der Waals surface area (Å²) in [6, 6.07) is 4.71. The molecule has 1 unspecified atom stereocenters. The van der Waals surface area contributed by atoms with Crippen LogP contribution in [0.25, 0.3) is 0 Å². The minimum atomic E-state index is -0.0919. The molecule has 3 nitrogen and oxygen atoms in total. The first-order chi connectivity index (χ1) is 5.24. The minimum absolute atomic E-state index is 0. The topological polar surface area (TPSA) is 66.5 Å². The first kappa shape index (κ1) is 15.9. The van der Waals surface area contributed by atoms with Gasteiger partial charge in [-0.1, -0.05) is 6.07 Å². The van der Waals surface area contributed by atoms with Crippen LogP contribution >= 0.6 is 9.90 Å². The number of benzene rings is 1. The second kappa shape index (κ2) is 7.84. The minimum Gasteiger partial charge on any atom is -1.00 e. The van der Waals surface area contributed by atoms with Gasteiger partial charge < -0.3 is 18.8 Å². The van der Waals surface area contributed by atoms with Crippen LogP contribution in [0.1, 0.15) is 8.42 Å². The molecule has 0 fully saturated rings. The van der Waals surface area contributed by atoms with Gasteiger partial charge in [0, 0.05) is 0 Å². The third kappa shape index (κ3) is 5.04. The Balaban J connectivity index is -0.000000151. The van der Waals surface area contributed by atoms with Gasteiger partial charge in [-0.25, -0.2) is 0 Å². The largest absolute Gasteiger partial charge is 2.00 e. The van der Waals surface area contributed by atoms with E-state index >= 15 is 0 Å². The van der Waals surface area contributed by atoms with E-state index in [1.807, 2.05) is 0 Å². The Labute approximate surface area is 114 Å². The summed E-state index contributed by atoms with van der Waals surface area (Å²) in [5, 5.41) is 18.0. The Hall–Kier alpha value is 0.470. The van der Waals surface area contributed by atoms with Crippen molar-refractivity contribution in [3.05, 3.63) is 23.8 Å². The molecular formula is C8H16CaNO2P. The second-order valence-electron chi connectivity index (χ2n) is 2.36. The molecule has 1 aromatic carbocycles. The monoisotopic (exact) mass is 229 g/mol. The molecule has 0 aliphatic carbocycles. The van der Waals surface area contributed by atoms with Gasteiger partial charge in [0.25, 0.3) is 0 Å². The van der Waals surface area contributed by atoms with Crippen molar-refractivity contribution in [2.45, 2.75) is 6.42 Å². The van der Waals surface area contributed by atoms with E-state index in [0.29, 0.717) is 13.0 Å². The summed E-state index contributed by atoms with van der Waals surface area (Å²) < 4.78 is 0. The number of phenols is 2. The van der Waals surface area contributed by atoms with E-state index in [-0.39, 0.29) is 62.0 Å². The molecule has 0 heterocycles. The molecule has 4 N–H and O–H groups in total. The number of nitrogens with two attached hydrogens (primary N) is 1. The number of phenolic OH excluding ortho intramolecular Hbond substituents is 2. The zero-order valence-corrected chi connectivity index (χ0v) is 11.2. The molecule has 0 aliphatic heterocycles. The fraction of sp³-hybridized carbons (Fsp3) is 0.250. The maximum absolute atomic E-state index is 9.04. The van der Waals surface area contributed by atoms with E-state index in [1.165, 1.54) is 12.1 Å². The van der Waals surface area contributed by atoms with Gasteiger partial charge >= 0.3 is 37.7 Å². The van der Waals surface area contributed by atoms with E-state index in [0.717, 1.165) is 5.56 Å². The summed E-state index contributed by atoms with van der Waals surface area (Å²) in [6.07, 6.45) is 0.716. The molecule has 13 heavy (non-hydrogen) atoms. The summed E-state index contributed by atoms with van der Waals surface area (Å²) in [5.41, 5.74) is 6.24. The number of rotatable bonds is 2. The first-order valence-electron chi connectivity index (χ1n) is 3.45. The van der Waals surface area contributed by atoms with Gasteiger partial charge in [-0.2, -0.15) is 9.90 Å². The van der Waals surface area contributed by atoms with E-state index in [9.17, 15) is 0 Å². The van der Waals surface area contributed by atoms with Crippen LogP contribution in [0.15, 0.2) is 18.2 Å². The van der Waals surface area contributed by atoms with Crippen molar-refractivity contribution < 1.29 is 13.1 Å². The molecule has 0 bridgehead atoms. The average Bonchev–Trinajstić information content (AvgIpc) is 1.98. The summed E-state index contributed by atoms with van der Waals surface area (Å²) in [5.74, 6) is -0.179. The number of aromatic hydroxyl groups is 2. The van der Waals surface area contributed by atoms with Crippen LogP contribution in [0.3, 0.4) is 0 Å². The Morgan fingerprint density at radius 1 is 1.23 bits per heavy atom.